The second-order valence-electron chi connectivity index (χ2n) is 6.46. The SMILES string of the molecule is Cc1cc(CSc2ncccc2C(=O)N2C[C@H]3CNC[C@H]3C2)no1.Cl.Cl. The van der Waals surface area contributed by atoms with E-state index in [2.05, 4.69) is 15.5 Å². The second-order valence-corrected chi connectivity index (χ2v) is 7.43. The number of carbonyl (C=O) groups excluding carboxylic acids is 1. The van der Waals surface area contributed by atoms with Gasteiger partial charge < -0.3 is 14.7 Å². The molecule has 26 heavy (non-hydrogen) atoms. The summed E-state index contributed by atoms with van der Waals surface area (Å²) in [5.41, 5.74) is 1.55. The van der Waals surface area contributed by atoms with Crippen LogP contribution in [0.2, 0.25) is 0 Å². The van der Waals surface area contributed by atoms with Crippen LogP contribution in [0.4, 0.5) is 0 Å². The van der Waals surface area contributed by atoms with E-state index < -0.39 is 0 Å². The minimum Gasteiger partial charge on any atom is -0.361 e. The van der Waals surface area contributed by atoms with Crippen molar-refractivity contribution in [2.45, 2.75) is 17.7 Å². The molecule has 0 saturated carbocycles. The lowest BCUT2D eigenvalue weighted by Gasteiger charge is -2.18. The monoisotopic (exact) mass is 416 g/mol. The number of nitrogens with one attached hydrogen (secondary N) is 1. The van der Waals surface area contributed by atoms with Crippen molar-refractivity contribution >= 4 is 42.5 Å². The zero-order valence-corrected chi connectivity index (χ0v) is 16.8. The summed E-state index contributed by atoms with van der Waals surface area (Å²) in [6.07, 6.45) is 1.73. The summed E-state index contributed by atoms with van der Waals surface area (Å²) in [7, 11) is 0. The van der Waals surface area contributed by atoms with Gasteiger partial charge >= 0.3 is 0 Å². The molecule has 0 spiro atoms. The summed E-state index contributed by atoms with van der Waals surface area (Å²) in [4.78, 5) is 19.3. The van der Waals surface area contributed by atoms with Crippen molar-refractivity contribution in [2.75, 3.05) is 26.2 Å². The number of halogens is 2. The fourth-order valence-electron chi connectivity index (χ4n) is 3.49. The van der Waals surface area contributed by atoms with Gasteiger partial charge in [-0.3, -0.25) is 4.79 Å². The molecule has 2 aliphatic heterocycles. The van der Waals surface area contributed by atoms with Gasteiger partial charge in [-0.1, -0.05) is 16.9 Å². The molecule has 1 N–H and O–H groups in total. The van der Waals surface area contributed by atoms with Crippen molar-refractivity contribution in [3.8, 4) is 0 Å². The van der Waals surface area contributed by atoms with Crippen LogP contribution in [0, 0.1) is 18.8 Å². The van der Waals surface area contributed by atoms with E-state index >= 15 is 0 Å². The lowest BCUT2D eigenvalue weighted by molar-refractivity contribution is 0.0777. The van der Waals surface area contributed by atoms with Gasteiger partial charge in [0.05, 0.1) is 11.3 Å². The van der Waals surface area contributed by atoms with Crippen molar-refractivity contribution in [3.05, 3.63) is 41.4 Å². The molecule has 0 radical (unpaired) electrons. The van der Waals surface area contributed by atoms with Crippen LogP contribution in [0.3, 0.4) is 0 Å². The third-order valence-electron chi connectivity index (χ3n) is 4.71. The van der Waals surface area contributed by atoms with Gasteiger partial charge in [0, 0.05) is 44.2 Å². The van der Waals surface area contributed by atoms with Crippen LogP contribution in [-0.2, 0) is 5.75 Å². The lowest BCUT2D eigenvalue weighted by Crippen LogP contribution is -2.32. The van der Waals surface area contributed by atoms with Gasteiger partial charge in [0.15, 0.2) is 0 Å². The van der Waals surface area contributed by atoms with E-state index in [4.69, 9.17) is 4.52 Å². The fourth-order valence-corrected chi connectivity index (χ4v) is 4.36. The van der Waals surface area contributed by atoms with Crippen molar-refractivity contribution < 1.29 is 9.32 Å². The molecular weight excluding hydrogens is 395 g/mol. The molecule has 0 aromatic carbocycles. The highest BCUT2D eigenvalue weighted by Gasteiger charge is 2.38. The molecule has 0 aliphatic carbocycles. The zero-order chi connectivity index (χ0) is 16.5. The van der Waals surface area contributed by atoms with Crippen LogP contribution >= 0.6 is 36.6 Å². The third kappa shape index (κ3) is 4.34. The molecule has 0 bridgehead atoms. The van der Waals surface area contributed by atoms with Crippen LogP contribution in [0.15, 0.2) is 33.9 Å². The molecule has 2 fully saturated rings. The number of rotatable bonds is 4. The molecular formula is C17H22Cl2N4O2S. The predicted octanol–water partition coefficient (Wildman–Crippen LogP) is 2.81. The number of hydrogen-bond acceptors (Lipinski definition) is 6. The van der Waals surface area contributed by atoms with Gasteiger partial charge in [-0.25, -0.2) is 4.98 Å². The van der Waals surface area contributed by atoms with E-state index in [-0.39, 0.29) is 30.7 Å². The van der Waals surface area contributed by atoms with Gasteiger partial charge in [0.25, 0.3) is 5.91 Å². The summed E-state index contributed by atoms with van der Waals surface area (Å²) in [6, 6.07) is 5.61. The van der Waals surface area contributed by atoms with E-state index in [1.54, 1.807) is 6.20 Å². The molecule has 9 heteroatoms. The number of thioether (sulfide) groups is 1. The van der Waals surface area contributed by atoms with Gasteiger partial charge in [0.1, 0.15) is 10.8 Å². The van der Waals surface area contributed by atoms with Crippen molar-refractivity contribution in [1.29, 1.82) is 0 Å². The smallest absolute Gasteiger partial charge is 0.256 e. The Labute approximate surface area is 169 Å². The Balaban J connectivity index is 0.00000121. The maximum Gasteiger partial charge on any atom is 0.256 e. The van der Waals surface area contributed by atoms with Gasteiger partial charge in [-0.2, -0.15) is 0 Å². The van der Waals surface area contributed by atoms with Crippen LogP contribution in [0.5, 0.6) is 0 Å². The van der Waals surface area contributed by atoms with Crippen LogP contribution in [-0.4, -0.2) is 47.1 Å². The number of nitrogens with zero attached hydrogens (tertiary/aromatic N) is 3. The Morgan fingerprint density at radius 2 is 2.08 bits per heavy atom. The Kier molecular flexibility index (Phi) is 7.34. The number of amides is 1. The molecule has 6 nitrogen and oxygen atoms in total. The topological polar surface area (TPSA) is 71.3 Å². The summed E-state index contributed by atoms with van der Waals surface area (Å²) in [5.74, 6) is 2.72. The number of likely N-dealkylation sites (tertiary alicyclic amines) is 1. The van der Waals surface area contributed by atoms with Crippen molar-refractivity contribution in [1.82, 2.24) is 20.4 Å². The highest BCUT2D eigenvalue weighted by atomic mass is 35.5. The molecule has 0 unspecified atom stereocenters. The minimum absolute atomic E-state index is 0. The van der Waals surface area contributed by atoms with Crippen LogP contribution in [0.1, 0.15) is 21.8 Å². The lowest BCUT2D eigenvalue weighted by atomic mass is 10.0. The number of carbonyl (C=O) groups is 1. The number of aromatic nitrogens is 2. The Hall–Kier alpha value is -1.28. The first-order valence-corrected chi connectivity index (χ1v) is 9.19. The van der Waals surface area contributed by atoms with Crippen LogP contribution < -0.4 is 5.32 Å². The van der Waals surface area contributed by atoms with Crippen molar-refractivity contribution in [3.63, 3.8) is 0 Å². The van der Waals surface area contributed by atoms with Crippen LogP contribution in [0.25, 0.3) is 0 Å². The van der Waals surface area contributed by atoms with Gasteiger partial charge in [-0.15, -0.1) is 24.8 Å². The molecule has 2 saturated heterocycles. The maximum absolute atomic E-state index is 12.9. The second kappa shape index (κ2) is 9.08. The van der Waals surface area contributed by atoms with E-state index in [1.165, 1.54) is 11.8 Å². The first kappa shape index (κ1) is 21.0. The molecule has 2 aromatic rings. The summed E-state index contributed by atoms with van der Waals surface area (Å²) in [5, 5.41) is 8.16. The molecule has 1 amide bonds. The average Bonchev–Trinajstić information content (AvgIpc) is 3.28. The first-order valence-electron chi connectivity index (χ1n) is 8.20. The first-order chi connectivity index (χ1) is 11.7. The minimum atomic E-state index is 0. The fraction of sp³-hybridized carbons (Fsp3) is 0.471. The maximum atomic E-state index is 12.9. The largest absolute Gasteiger partial charge is 0.361 e. The number of aryl methyl sites for hydroxylation is 1. The highest BCUT2D eigenvalue weighted by molar-refractivity contribution is 7.98. The Bertz CT molecular complexity index is 746. The van der Waals surface area contributed by atoms with E-state index in [1.807, 2.05) is 30.0 Å². The van der Waals surface area contributed by atoms with E-state index in [0.29, 0.717) is 23.2 Å². The van der Waals surface area contributed by atoms with Gasteiger partial charge in [-0.05, 0) is 30.9 Å². The zero-order valence-electron chi connectivity index (χ0n) is 14.4. The number of hydrogen-bond donors (Lipinski definition) is 1. The third-order valence-corrected chi connectivity index (χ3v) is 5.75. The quantitative estimate of drug-likeness (QED) is 0.772. The highest BCUT2D eigenvalue weighted by Crippen LogP contribution is 2.30. The molecule has 2 atom stereocenters. The van der Waals surface area contributed by atoms with Crippen molar-refractivity contribution in [2.24, 2.45) is 11.8 Å². The predicted molar refractivity (Wildman–Crippen MR) is 105 cm³/mol. The Morgan fingerprint density at radius 1 is 1.35 bits per heavy atom. The van der Waals surface area contributed by atoms with E-state index in [9.17, 15) is 4.79 Å². The van der Waals surface area contributed by atoms with Gasteiger partial charge in [0.2, 0.25) is 0 Å². The number of fused-ring (bicyclic) bond motifs is 1. The summed E-state index contributed by atoms with van der Waals surface area (Å²) in [6.45, 7) is 5.61. The average molecular weight is 417 g/mol. The standard InChI is InChI=1S/C17H20N4O2S.2ClH/c1-11-5-14(20-23-11)10-24-16-15(3-2-4-19-16)17(22)21-8-12-6-18-7-13(12)9-21;;/h2-5,12-13,18H,6-10H2,1H3;2*1H/t12-,13+;;. The number of pyridine rings is 1. The molecule has 2 aliphatic rings. The summed E-state index contributed by atoms with van der Waals surface area (Å²) < 4.78 is 5.09. The molecule has 2 aromatic heterocycles. The molecule has 4 rings (SSSR count). The Morgan fingerprint density at radius 3 is 2.73 bits per heavy atom. The van der Waals surface area contributed by atoms with E-state index in [0.717, 1.165) is 42.7 Å². The summed E-state index contributed by atoms with van der Waals surface area (Å²) >= 11 is 1.53. The normalized spacial score (nSPS) is 21.0. The molecule has 4 heterocycles. The molecule has 142 valence electrons.